The van der Waals surface area contributed by atoms with Crippen LogP contribution >= 0.6 is 0 Å². The van der Waals surface area contributed by atoms with Crippen LogP contribution in [-0.2, 0) is 0 Å². The van der Waals surface area contributed by atoms with Gasteiger partial charge in [-0.05, 0) is 71.7 Å². The van der Waals surface area contributed by atoms with Gasteiger partial charge in [0.05, 0.1) is 0 Å². The molecule has 5 heteroatoms. The van der Waals surface area contributed by atoms with Crippen LogP contribution in [0.25, 0.3) is 21.9 Å². The van der Waals surface area contributed by atoms with Crippen LogP contribution in [0, 0.1) is 11.7 Å². The Balaban J connectivity index is 1.36. The quantitative estimate of drug-likeness (QED) is 0.199. The number of fused-ring (bicyclic) bond motifs is 1. The smallest absolute Gasteiger partial charge is 0.422 e. The number of alkyl halides is 3. The first-order chi connectivity index (χ1) is 17.3. The van der Waals surface area contributed by atoms with Gasteiger partial charge in [-0.25, -0.2) is 4.39 Å². The molecule has 3 aromatic rings. The van der Waals surface area contributed by atoms with Gasteiger partial charge in [0.1, 0.15) is 0 Å². The molecule has 0 saturated heterocycles. The van der Waals surface area contributed by atoms with Crippen molar-refractivity contribution in [1.29, 1.82) is 0 Å². The second-order valence-corrected chi connectivity index (χ2v) is 10.3. The Morgan fingerprint density at radius 3 is 2.19 bits per heavy atom. The van der Waals surface area contributed by atoms with Gasteiger partial charge in [-0.3, -0.25) is 0 Å². The minimum atomic E-state index is -4.51. The molecule has 0 N–H and O–H groups in total. The Labute approximate surface area is 211 Å². The first kappa shape index (κ1) is 26.5. The van der Waals surface area contributed by atoms with E-state index in [1.807, 2.05) is 6.07 Å². The zero-order valence-electron chi connectivity index (χ0n) is 21.0. The third kappa shape index (κ3) is 7.02. The van der Waals surface area contributed by atoms with Crippen LogP contribution in [-0.4, -0.2) is 12.8 Å². The van der Waals surface area contributed by atoms with Crippen LogP contribution in [0.4, 0.5) is 17.6 Å². The zero-order chi connectivity index (χ0) is 25.5. The molecule has 0 unspecified atom stereocenters. The van der Waals surface area contributed by atoms with Gasteiger partial charge in [0, 0.05) is 5.39 Å². The monoisotopic (exact) mass is 500 g/mol. The van der Waals surface area contributed by atoms with E-state index in [-0.39, 0.29) is 11.1 Å². The summed E-state index contributed by atoms with van der Waals surface area (Å²) in [5, 5.41) is 0.874. The first-order valence-corrected chi connectivity index (χ1v) is 13.4. The number of ether oxygens (including phenoxy) is 1. The van der Waals surface area contributed by atoms with Gasteiger partial charge < -0.3 is 4.74 Å². The van der Waals surface area contributed by atoms with Crippen molar-refractivity contribution >= 4 is 10.8 Å². The van der Waals surface area contributed by atoms with E-state index in [9.17, 15) is 17.6 Å². The maximum atomic E-state index is 14.7. The summed E-state index contributed by atoms with van der Waals surface area (Å²) < 4.78 is 56.6. The molecule has 1 aliphatic rings. The largest absolute Gasteiger partial charge is 0.481 e. The molecule has 0 aromatic heterocycles. The Bertz CT molecular complexity index is 1110. The number of hydrogen-bond donors (Lipinski definition) is 0. The van der Waals surface area contributed by atoms with Crippen molar-refractivity contribution in [3.63, 3.8) is 0 Å². The molecule has 0 radical (unpaired) electrons. The predicted molar refractivity (Wildman–Crippen MR) is 139 cm³/mol. The molecular weight excluding hydrogens is 464 g/mol. The van der Waals surface area contributed by atoms with E-state index in [1.165, 1.54) is 75.8 Å². The Kier molecular flexibility index (Phi) is 8.92. The zero-order valence-corrected chi connectivity index (χ0v) is 21.0. The van der Waals surface area contributed by atoms with Crippen molar-refractivity contribution in [3.8, 4) is 16.9 Å². The van der Waals surface area contributed by atoms with Crippen LogP contribution < -0.4 is 4.74 Å². The minimum absolute atomic E-state index is 0.247. The second kappa shape index (κ2) is 12.1. The molecule has 1 fully saturated rings. The number of unbranched alkanes of at least 4 members (excludes halogenated alkanes) is 4. The van der Waals surface area contributed by atoms with Crippen molar-refractivity contribution in [1.82, 2.24) is 0 Å². The van der Waals surface area contributed by atoms with Crippen molar-refractivity contribution in [2.24, 2.45) is 5.92 Å². The third-order valence-electron chi connectivity index (χ3n) is 7.59. The van der Waals surface area contributed by atoms with Gasteiger partial charge in [-0.15, -0.1) is 0 Å². The summed E-state index contributed by atoms with van der Waals surface area (Å²) in [7, 11) is 0. The molecule has 3 aromatic carbocycles. The number of hydrogen-bond acceptors (Lipinski definition) is 1. The van der Waals surface area contributed by atoms with Crippen LogP contribution in [0.3, 0.4) is 0 Å². The van der Waals surface area contributed by atoms with E-state index in [0.717, 1.165) is 17.0 Å². The van der Waals surface area contributed by atoms with Gasteiger partial charge in [0.2, 0.25) is 0 Å². The molecule has 0 spiro atoms. The Morgan fingerprint density at radius 2 is 1.50 bits per heavy atom. The van der Waals surface area contributed by atoms with Crippen molar-refractivity contribution < 1.29 is 22.3 Å². The normalized spacial score (nSPS) is 18.5. The molecule has 1 saturated carbocycles. The third-order valence-corrected chi connectivity index (χ3v) is 7.59. The van der Waals surface area contributed by atoms with E-state index in [1.54, 1.807) is 18.2 Å². The average molecular weight is 501 g/mol. The lowest BCUT2D eigenvalue weighted by molar-refractivity contribution is -0.153. The van der Waals surface area contributed by atoms with Crippen LogP contribution in [0.15, 0.2) is 54.6 Å². The molecule has 0 heterocycles. The number of rotatable bonds is 10. The molecule has 194 valence electrons. The van der Waals surface area contributed by atoms with Gasteiger partial charge >= 0.3 is 6.18 Å². The van der Waals surface area contributed by atoms with Gasteiger partial charge in [0.15, 0.2) is 18.2 Å². The lowest BCUT2D eigenvalue weighted by atomic mass is 9.77. The molecular formula is C31H36F4O. The standard InChI is InChI=1S/C31H36F4O/c1-2-3-4-5-6-7-22-8-10-23(11-9-22)24-12-14-25(15-13-24)26-16-18-28-27(20-26)17-19-29(30(28)32)36-21-31(33,34)35/h12-20,22-23H,2-11,21H2,1H3. The minimum Gasteiger partial charge on any atom is -0.481 e. The number of benzene rings is 3. The molecule has 36 heavy (non-hydrogen) atoms. The molecule has 1 aliphatic carbocycles. The maximum absolute atomic E-state index is 14.7. The molecule has 0 atom stereocenters. The summed E-state index contributed by atoms with van der Waals surface area (Å²) in [6, 6.07) is 16.8. The second-order valence-electron chi connectivity index (χ2n) is 10.3. The summed E-state index contributed by atoms with van der Waals surface area (Å²) in [5.74, 6) is 0.356. The van der Waals surface area contributed by atoms with Crippen LogP contribution in [0.5, 0.6) is 5.75 Å². The summed E-state index contributed by atoms with van der Waals surface area (Å²) in [4.78, 5) is 0. The first-order valence-electron chi connectivity index (χ1n) is 13.4. The Hall–Kier alpha value is -2.56. The topological polar surface area (TPSA) is 9.23 Å². The maximum Gasteiger partial charge on any atom is 0.422 e. The summed E-state index contributed by atoms with van der Waals surface area (Å²) in [6.45, 7) is 0.746. The molecule has 1 nitrogen and oxygen atoms in total. The van der Waals surface area contributed by atoms with Gasteiger partial charge in [-0.1, -0.05) is 87.9 Å². The molecule has 0 aliphatic heterocycles. The van der Waals surface area contributed by atoms with Gasteiger partial charge in [0.25, 0.3) is 0 Å². The van der Waals surface area contributed by atoms with Gasteiger partial charge in [-0.2, -0.15) is 13.2 Å². The molecule has 0 bridgehead atoms. The van der Waals surface area contributed by atoms with Crippen molar-refractivity contribution in [2.45, 2.75) is 83.2 Å². The molecule has 0 amide bonds. The fraction of sp³-hybridized carbons (Fsp3) is 0.484. The van der Waals surface area contributed by atoms with Crippen molar-refractivity contribution in [2.75, 3.05) is 6.61 Å². The summed E-state index contributed by atoms with van der Waals surface area (Å²) in [5.41, 5.74) is 3.38. The SMILES string of the molecule is CCCCCCCC1CCC(c2ccc(-c3ccc4c(F)c(OCC(F)(F)F)ccc4c3)cc2)CC1. The fourth-order valence-electron chi connectivity index (χ4n) is 5.49. The fourth-order valence-corrected chi connectivity index (χ4v) is 5.49. The Morgan fingerprint density at radius 1 is 0.806 bits per heavy atom. The van der Waals surface area contributed by atoms with E-state index in [0.29, 0.717) is 11.3 Å². The van der Waals surface area contributed by atoms with E-state index < -0.39 is 18.6 Å². The lowest BCUT2D eigenvalue weighted by Crippen LogP contribution is -2.19. The number of halogens is 4. The summed E-state index contributed by atoms with van der Waals surface area (Å²) in [6.07, 6.45) is 8.83. The highest BCUT2D eigenvalue weighted by Gasteiger charge is 2.29. The lowest BCUT2D eigenvalue weighted by Gasteiger charge is -2.29. The average Bonchev–Trinajstić information content (AvgIpc) is 2.88. The van der Waals surface area contributed by atoms with Crippen LogP contribution in [0.1, 0.15) is 82.6 Å². The highest BCUT2D eigenvalue weighted by Crippen LogP contribution is 2.38. The van der Waals surface area contributed by atoms with E-state index >= 15 is 0 Å². The highest BCUT2D eigenvalue weighted by molar-refractivity contribution is 5.89. The van der Waals surface area contributed by atoms with Crippen LogP contribution in [0.2, 0.25) is 0 Å². The van der Waals surface area contributed by atoms with Crippen molar-refractivity contribution in [3.05, 3.63) is 66.0 Å². The van der Waals surface area contributed by atoms with E-state index in [2.05, 4.69) is 35.9 Å². The van der Waals surface area contributed by atoms with E-state index in [4.69, 9.17) is 0 Å². The predicted octanol–water partition coefficient (Wildman–Crippen LogP) is 10.2. The molecule has 4 rings (SSSR count). The summed E-state index contributed by atoms with van der Waals surface area (Å²) >= 11 is 0. The highest BCUT2D eigenvalue weighted by atomic mass is 19.4.